The number of rotatable bonds is 2. The van der Waals surface area contributed by atoms with Gasteiger partial charge in [-0.3, -0.25) is 4.79 Å². The fourth-order valence-electron chi connectivity index (χ4n) is 0.483. The van der Waals surface area contributed by atoms with E-state index in [-0.39, 0.29) is 31.4 Å². The smallest absolute Gasteiger partial charge is 0.331 e. The first-order chi connectivity index (χ1) is 9.79. The molecule has 0 aromatic rings. The standard InChI is InChI=1S/C6H12O2.C4H8O3.3C2H6.CH4/c1-6(2,3)5(7)8-4;1-6-3-4(5)7-2;3*1-2;/h1-4H3;3H2,1-2H3;3*1-2H3;1H4. The number of hydrogen-bond acceptors (Lipinski definition) is 5. The topological polar surface area (TPSA) is 61.8 Å². The summed E-state index contributed by atoms with van der Waals surface area (Å²) in [4.78, 5) is 20.7. The molecule has 0 aliphatic heterocycles. The van der Waals surface area contributed by atoms with Gasteiger partial charge in [-0.1, -0.05) is 49.0 Å². The van der Waals surface area contributed by atoms with Crippen LogP contribution in [0, 0.1) is 5.41 Å². The molecule has 0 amide bonds. The van der Waals surface area contributed by atoms with E-state index < -0.39 is 0 Å². The third-order valence-corrected chi connectivity index (χ3v) is 1.29. The minimum Gasteiger partial charge on any atom is -0.469 e. The number of ether oxygens (including phenoxy) is 3. The molecule has 0 radical (unpaired) electrons. The lowest BCUT2D eigenvalue weighted by Crippen LogP contribution is -2.21. The van der Waals surface area contributed by atoms with Crippen molar-refractivity contribution in [2.24, 2.45) is 5.41 Å². The van der Waals surface area contributed by atoms with Gasteiger partial charge in [0.05, 0.1) is 19.6 Å². The number of methoxy groups -OCH3 is 3. The maximum absolute atomic E-state index is 10.6. The Morgan fingerprint density at radius 2 is 1.09 bits per heavy atom. The van der Waals surface area contributed by atoms with Crippen molar-refractivity contribution in [1.29, 1.82) is 0 Å². The summed E-state index contributed by atoms with van der Waals surface area (Å²) in [5.41, 5.74) is -0.352. The van der Waals surface area contributed by atoms with Gasteiger partial charge < -0.3 is 14.2 Å². The normalized spacial score (nSPS) is 7.45. The van der Waals surface area contributed by atoms with Crippen LogP contribution >= 0.6 is 0 Å². The van der Waals surface area contributed by atoms with E-state index in [2.05, 4.69) is 14.2 Å². The molecule has 0 spiro atoms. The highest BCUT2D eigenvalue weighted by atomic mass is 16.6. The molecule has 22 heavy (non-hydrogen) atoms. The third kappa shape index (κ3) is 42.8. The molecular weight excluding hydrogens is 284 g/mol. The zero-order valence-electron chi connectivity index (χ0n) is 16.2. The van der Waals surface area contributed by atoms with Crippen molar-refractivity contribution in [2.75, 3.05) is 27.9 Å². The Balaban J connectivity index is -0.0000000420. The van der Waals surface area contributed by atoms with E-state index in [1.165, 1.54) is 21.3 Å². The molecule has 0 aliphatic carbocycles. The molecule has 0 saturated heterocycles. The molecule has 0 N–H and O–H groups in total. The van der Waals surface area contributed by atoms with Crippen molar-refractivity contribution < 1.29 is 23.8 Å². The van der Waals surface area contributed by atoms with Gasteiger partial charge >= 0.3 is 11.9 Å². The lowest BCUT2D eigenvalue weighted by atomic mass is 9.98. The first-order valence-corrected chi connectivity index (χ1v) is 7.43. The number of carbonyl (C=O) groups is 2. The maximum atomic E-state index is 10.6. The van der Waals surface area contributed by atoms with Gasteiger partial charge in [-0.25, -0.2) is 4.79 Å². The predicted octanol–water partition coefficient (Wildman–Crippen LogP) is 4.73. The maximum Gasteiger partial charge on any atom is 0.331 e. The van der Waals surface area contributed by atoms with Crippen molar-refractivity contribution in [2.45, 2.75) is 69.7 Å². The van der Waals surface area contributed by atoms with E-state index in [9.17, 15) is 9.59 Å². The largest absolute Gasteiger partial charge is 0.469 e. The van der Waals surface area contributed by atoms with Crippen LogP contribution in [0.2, 0.25) is 0 Å². The van der Waals surface area contributed by atoms with Crippen LogP contribution in [0.25, 0.3) is 0 Å². The van der Waals surface area contributed by atoms with Crippen molar-refractivity contribution in [3.05, 3.63) is 0 Å². The highest BCUT2D eigenvalue weighted by Gasteiger charge is 2.21. The van der Waals surface area contributed by atoms with E-state index in [0.29, 0.717) is 0 Å². The van der Waals surface area contributed by atoms with E-state index in [4.69, 9.17) is 0 Å². The van der Waals surface area contributed by atoms with Crippen LogP contribution in [0.15, 0.2) is 0 Å². The zero-order valence-corrected chi connectivity index (χ0v) is 16.2. The summed E-state index contributed by atoms with van der Waals surface area (Å²) in [6.45, 7) is 17.5. The molecule has 5 heteroatoms. The van der Waals surface area contributed by atoms with Gasteiger partial charge in [0.25, 0.3) is 0 Å². The molecule has 0 rings (SSSR count). The van der Waals surface area contributed by atoms with Crippen LogP contribution in [-0.2, 0) is 23.8 Å². The summed E-state index contributed by atoms with van der Waals surface area (Å²) >= 11 is 0. The fourth-order valence-corrected chi connectivity index (χ4v) is 0.483. The van der Waals surface area contributed by atoms with Crippen LogP contribution < -0.4 is 0 Å². The lowest BCUT2D eigenvalue weighted by molar-refractivity contribution is -0.149. The number of esters is 2. The lowest BCUT2D eigenvalue weighted by Gasteiger charge is -2.13. The molecule has 0 bridgehead atoms. The zero-order chi connectivity index (χ0) is 18.5. The summed E-state index contributed by atoms with van der Waals surface area (Å²) in [6, 6.07) is 0. The van der Waals surface area contributed by atoms with Gasteiger partial charge in [0.15, 0.2) is 0 Å². The number of carbonyl (C=O) groups excluding carboxylic acids is 2. The second kappa shape index (κ2) is 32.0. The summed E-state index contributed by atoms with van der Waals surface area (Å²) in [5.74, 6) is -0.514. The van der Waals surface area contributed by atoms with Crippen molar-refractivity contribution >= 4 is 11.9 Å². The Morgan fingerprint density at radius 1 is 0.773 bits per heavy atom. The molecule has 0 fully saturated rings. The van der Waals surface area contributed by atoms with Gasteiger partial charge in [-0.2, -0.15) is 0 Å². The molecular formula is C17H42O5. The van der Waals surface area contributed by atoms with Crippen LogP contribution in [0.5, 0.6) is 0 Å². The van der Waals surface area contributed by atoms with Crippen molar-refractivity contribution in [1.82, 2.24) is 0 Å². The molecule has 5 nitrogen and oxygen atoms in total. The van der Waals surface area contributed by atoms with Crippen LogP contribution in [0.1, 0.15) is 69.7 Å². The van der Waals surface area contributed by atoms with Gasteiger partial charge in [0.1, 0.15) is 6.61 Å². The van der Waals surface area contributed by atoms with E-state index in [1.54, 1.807) is 0 Å². The second-order valence-electron chi connectivity index (χ2n) is 3.75. The first kappa shape index (κ1) is 37.3. The van der Waals surface area contributed by atoms with Gasteiger partial charge in [-0.05, 0) is 20.8 Å². The molecule has 140 valence electrons. The molecule has 0 unspecified atom stereocenters. The van der Waals surface area contributed by atoms with Gasteiger partial charge in [-0.15, -0.1) is 0 Å². The second-order valence-corrected chi connectivity index (χ2v) is 3.75. The SMILES string of the molecule is C.CC.CC.CC.COC(=O)C(C)(C)C.COCC(=O)OC. The average molecular weight is 327 g/mol. The Bertz CT molecular complexity index is 196. The van der Waals surface area contributed by atoms with Gasteiger partial charge in [0.2, 0.25) is 0 Å². The molecule has 0 aromatic heterocycles. The average Bonchev–Trinajstić information content (AvgIpc) is 2.52. The van der Waals surface area contributed by atoms with E-state index in [0.717, 1.165) is 0 Å². The number of hydrogen-bond donors (Lipinski definition) is 0. The molecule has 0 aromatic carbocycles. The Labute approximate surface area is 139 Å². The highest BCUT2D eigenvalue weighted by molar-refractivity contribution is 5.75. The van der Waals surface area contributed by atoms with Crippen molar-refractivity contribution in [3.63, 3.8) is 0 Å². The van der Waals surface area contributed by atoms with E-state index in [1.807, 2.05) is 62.3 Å². The summed E-state index contributed by atoms with van der Waals surface area (Å²) in [5, 5.41) is 0. The molecule has 0 aliphatic rings. The molecule has 0 heterocycles. The van der Waals surface area contributed by atoms with Crippen LogP contribution in [0.4, 0.5) is 0 Å². The monoisotopic (exact) mass is 326 g/mol. The Morgan fingerprint density at radius 3 is 1.14 bits per heavy atom. The minimum atomic E-state index is -0.352. The summed E-state index contributed by atoms with van der Waals surface area (Å²) in [7, 11) is 4.16. The predicted molar refractivity (Wildman–Crippen MR) is 96.1 cm³/mol. The minimum absolute atomic E-state index is 0. The first-order valence-electron chi connectivity index (χ1n) is 7.43. The Hall–Kier alpha value is -1.10. The third-order valence-electron chi connectivity index (χ3n) is 1.29. The van der Waals surface area contributed by atoms with Crippen molar-refractivity contribution in [3.8, 4) is 0 Å². The Kier molecular flexibility index (Phi) is 54.3. The van der Waals surface area contributed by atoms with Crippen LogP contribution in [0.3, 0.4) is 0 Å². The van der Waals surface area contributed by atoms with E-state index >= 15 is 0 Å². The van der Waals surface area contributed by atoms with Gasteiger partial charge in [0, 0.05) is 7.11 Å². The quantitative estimate of drug-likeness (QED) is 0.687. The highest BCUT2D eigenvalue weighted by Crippen LogP contribution is 2.13. The molecule has 0 atom stereocenters. The fraction of sp³-hybridized carbons (Fsp3) is 0.882. The molecule has 0 saturated carbocycles. The summed E-state index contributed by atoms with van der Waals surface area (Å²) < 4.78 is 13.1. The van der Waals surface area contributed by atoms with Crippen LogP contribution in [-0.4, -0.2) is 39.9 Å². The summed E-state index contributed by atoms with van der Waals surface area (Å²) in [6.07, 6.45) is 0.